The van der Waals surface area contributed by atoms with E-state index in [4.69, 9.17) is 4.52 Å². The molecule has 2 aliphatic carbocycles. The van der Waals surface area contributed by atoms with E-state index in [1.807, 2.05) is 19.1 Å². The smallest absolute Gasteiger partial charge is 0.246 e. The van der Waals surface area contributed by atoms with Crippen LogP contribution in [-0.4, -0.2) is 16.0 Å². The number of nitrogens with zero attached hydrogens (tertiary/aromatic N) is 2. The lowest BCUT2D eigenvalue weighted by Gasteiger charge is -2.20. The molecule has 0 unspecified atom stereocenters. The first kappa shape index (κ1) is 19.6. The number of allylic oxidation sites excluding steroid dienone is 6. The van der Waals surface area contributed by atoms with Crippen LogP contribution in [0.1, 0.15) is 76.9 Å². The van der Waals surface area contributed by atoms with Crippen molar-refractivity contribution in [1.82, 2.24) is 15.5 Å². The molecule has 0 atom stereocenters. The number of amides is 1. The molecule has 1 heterocycles. The van der Waals surface area contributed by atoms with E-state index >= 15 is 0 Å². The van der Waals surface area contributed by atoms with Crippen molar-refractivity contribution in [3.05, 3.63) is 41.6 Å². The van der Waals surface area contributed by atoms with Gasteiger partial charge in [0.05, 0.1) is 6.54 Å². The Labute approximate surface area is 162 Å². The minimum absolute atomic E-state index is 0.112. The minimum Gasteiger partial charge on any atom is -0.347 e. The maximum atomic E-state index is 12.3. The molecule has 3 rings (SSSR count). The van der Waals surface area contributed by atoms with E-state index in [9.17, 15) is 4.79 Å². The van der Waals surface area contributed by atoms with Gasteiger partial charge in [-0.2, -0.15) is 4.98 Å². The summed E-state index contributed by atoms with van der Waals surface area (Å²) in [6.07, 6.45) is 17.5. The maximum absolute atomic E-state index is 12.3. The van der Waals surface area contributed by atoms with Gasteiger partial charge in [0.15, 0.2) is 0 Å². The Morgan fingerprint density at radius 2 is 1.96 bits per heavy atom. The summed E-state index contributed by atoms with van der Waals surface area (Å²) >= 11 is 0. The van der Waals surface area contributed by atoms with Crippen molar-refractivity contribution in [2.45, 2.75) is 71.8 Å². The fraction of sp³-hybridized carbons (Fsp3) is 0.591. The minimum atomic E-state index is 0.112. The number of nitrogens with one attached hydrogen (secondary N) is 1. The monoisotopic (exact) mass is 369 g/mol. The summed E-state index contributed by atoms with van der Waals surface area (Å²) in [4.78, 5) is 16.8. The van der Waals surface area contributed by atoms with Crippen LogP contribution in [0.5, 0.6) is 0 Å². The standard InChI is InChI=1S/C22H31N3O2/c1-3-8-18(16-12-13-16)14-19(9-4-2)21-24-20(27-25-21)15-23-22(26)17-10-6-5-7-11-17/h4,8-9,14,16-17H,3,5-7,10-13,15H2,1-2H3,(H,23,26)/b9-4-,18-8-,19-14+. The first-order valence-corrected chi connectivity index (χ1v) is 10.4. The molecular formula is C22H31N3O2. The lowest BCUT2D eigenvalue weighted by atomic mass is 9.89. The molecule has 1 N–H and O–H groups in total. The molecule has 2 saturated carbocycles. The third kappa shape index (κ3) is 5.65. The highest BCUT2D eigenvalue weighted by atomic mass is 16.5. The SMILES string of the molecule is C\C=C/C(=C\C(=C\CC)C1CC1)c1noc(CNC(=O)C2CCCCC2)n1. The molecule has 0 spiro atoms. The molecule has 2 fully saturated rings. The molecule has 0 radical (unpaired) electrons. The summed E-state index contributed by atoms with van der Waals surface area (Å²) in [6, 6.07) is 0. The maximum Gasteiger partial charge on any atom is 0.246 e. The van der Waals surface area contributed by atoms with Crippen LogP contribution in [0.2, 0.25) is 0 Å². The fourth-order valence-electron chi connectivity index (χ4n) is 3.66. The third-order valence-electron chi connectivity index (χ3n) is 5.27. The molecule has 0 bridgehead atoms. The number of aromatic nitrogens is 2. The zero-order chi connectivity index (χ0) is 19.1. The summed E-state index contributed by atoms with van der Waals surface area (Å²) in [6.45, 7) is 4.44. The number of hydrogen-bond donors (Lipinski definition) is 1. The second-order valence-electron chi connectivity index (χ2n) is 7.55. The predicted molar refractivity (Wildman–Crippen MR) is 107 cm³/mol. The molecule has 5 nitrogen and oxygen atoms in total. The van der Waals surface area contributed by atoms with Crippen LogP contribution in [0.15, 0.2) is 34.4 Å². The van der Waals surface area contributed by atoms with Crippen molar-refractivity contribution in [2.75, 3.05) is 0 Å². The van der Waals surface area contributed by atoms with Crippen molar-refractivity contribution >= 4 is 11.5 Å². The molecule has 0 aromatic carbocycles. The van der Waals surface area contributed by atoms with E-state index < -0.39 is 0 Å². The first-order valence-electron chi connectivity index (χ1n) is 10.4. The largest absolute Gasteiger partial charge is 0.347 e. The molecule has 27 heavy (non-hydrogen) atoms. The van der Waals surface area contributed by atoms with Gasteiger partial charge in [0.1, 0.15) is 0 Å². The van der Waals surface area contributed by atoms with Crippen LogP contribution < -0.4 is 5.32 Å². The van der Waals surface area contributed by atoms with Crippen LogP contribution in [0.4, 0.5) is 0 Å². The Morgan fingerprint density at radius 3 is 2.63 bits per heavy atom. The van der Waals surface area contributed by atoms with Crippen molar-refractivity contribution in [3.63, 3.8) is 0 Å². The molecular weight excluding hydrogens is 338 g/mol. The Hall–Kier alpha value is -2.17. The van der Waals surface area contributed by atoms with Gasteiger partial charge in [0, 0.05) is 11.5 Å². The van der Waals surface area contributed by atoms with Gasteiger partial charge >= 0.3 is 0 Å². The van der Waals surface area contributed by atoms with Gasteiger partial charge < -0.3 is 9.84 Å². The van der Waals surface area contributed by atoms with Gasteiger partial charge in [-0.3, -0.25) is 4.79 Å². The number of carbonyl (C=O) groups excluding carboxylic acids is 1. The molecule has 1 aromatic heterocycles. The fourth-order valence-corrected chi connectivity index (χ4v) is 3.66. The van der Waals surface area contributed by atoms with Gasteiger partial charge in [0.25, 0.3) is 0 Å². The Balaban J connectivity index is 1.65. The first-order chi connectivity index (χ1) is 13.2. The van der Waals surface area contributed by atoms with E-state index in [0.29, 0.717) is 24.2 Å². The summed E-state index contributed by atoms with van der Waals surface area (Å²) in [5, 5.41) is 7.09. The van der Waals surface area contributed by atoms with Gasteiger partial charge in [0.2, 0.25) is 17.6 Å². The summed E-state index contributed by atoms with van der Waals surface area (Å²) in [5.74, 6) is 1.96. The Bertz CT molecular complexity index is 720. The molecule has 1 aromatic rings. The third-order valence-corrected chi connectivity index (χ3v) is 5.27. The highest BCUT2D eigenvalue weighted by Gasteiger charge is 2.25. The van der Waals surface area contributed by atoms with Crippen molar-refractivity contribution < 1.29 is 9.32 Å². The molecule has 2 aliphatic rings. The summed E-state index contributed by atoms with van der Waals surface area (Å²) in [5.41, 5.74) is 2.32. The van der Waals surface area contributed by atoms with E-state index in [1.54, 1.807) is 0 Å². The molecule has 0 saturated heterocycles. The van der Waals surface area contributed by atoms with Crippen molar-refractivity contribution in [3.8, 4) is 0 Å². The molecule has 5 heteroatoms. The zero-order valence-electron chi connectivity index (χ0n) is 16.5. The molecule has 146 valence electrons. The Kier molecular flexibility index (Phi) is 7.02. The van der Waals surface area contributed by atoms with E-state index in [-0.39, 0.29) is 11.8 Å². The van der Waals surface area contributed by atoms with Gasteiger partial charge in [-0.25, -0.2) is 0 Å². The second kappa shape index (κ2) is 9.67. The van der Waals surface area contributed by atoms with Crippen LogP contribution >= 0.6 is 0 Å². The lowest BCUT2D eigenvalue weighted by molar-refractivity contribution is -0.126. The summed E-state index contributed by atoms with van der Waals surface area (Å²) < 4.78 is 5.38. The quantitative estimate of drug-likeness (QED) is 0.657. The van der Waals surface area contributed by atoms with Crippen molar-refractivity contribution in [1.29, 1.82) is 0 Å². The average Bonchev–Trinajstić information content (AvgIpc) is 3.43. The van der Waals surface area contributed by atoms with Gasteiger partial charge in [-0.05, 0) is 56.6 Å². The number of carbonyl (C=O) groups is 1. The van der Waals surface area contributed by atoms with E-state index in [2.05, 4.69) is 34.5 Å². The second-order valence-corrected chi connectivity index (χ2v) is 7.55. The number of hydrogen-bond acceptors (Lipinski definition) is 4. The normalized spacial score (nSPS) is 19.6. The Morgan fingerprint density at radius 1 is 1.19 bits per heavy atom. The van der Waals surface area contributed by atoms with E-state index in [0.717, 1.165) is 37.7 Å². The van der Waals surface area contributed by atoms with E-state index in [1.165, 1.54) is 24.8 Å². The number of rotatable bonds is 8. The van der Waals surface area contributed by atoms with Crippen LogP contribution in [0, 0.1) is 11.8 Å². The van der Waals surface area contributed by atoms with Gasteiger partial charge in [-0.15, -0.1) is 0 Å². The van der Waals surface area contributed by atoms with Crippen molar-refractivity contribution in [2.24, 2.45) is 11.8 Å². The topological polar surface area (TPSA) is 68.0 Å². The van der Waals surface area contributed by atoms with Crippen LogP contribution in [0.25, 0.3) is 5.57 Å². The zero-order valence-corrected chi connectivity index (χ0v) is 16.5. The summed E-state index contributed by atoms with van der Waals surface area (Å²) in [7, 11) is 0. The highest BCUT2D eigenvalue weighted by Crippen LogP contribution is 2.38. The van der Waals surface area contributed by atoms with Crippen LogP contribution in [-0.2, 0) is 11.3 Å². The highest BCUT2D eigenvalue weighted by molar-refractivity contribution is 5.78. The van der Waals surface area contributed by atoms with Gasteiger partial charge in [-0.1, -0.05) is 49.6 Å². The molecule has 0 aliphatic heterocycles. The average molecular weight is 370 g/mol. The lowest BCUT2D eigenvalue weighted by Crippen LogP contribution is -2.31. The molecule has 1 amide bonds. The predicted octanol–water partition coefficient (Wildman–Crippen LogP) is 4.97. The van der Waals surface area contributed by atoms with Crippen LogP contribution in [0.3, 0.4) is 0 Å².